The predicted octanol–water partition coefficient (Wildman–Crippen LogP) is 4.40. The Bertz CT molecular complexity index is 1050. The minimum absolute atomic E-state index is 0.0633. The Morgan fingerprint density at radius 3 is 2.43 bits per heavy atom. The van der Waals surface area contributed by atoms with Gasteiger partial charge in [0.25, 0.3) is 0 Å². The number of hydrogen-bond acceptors (Lipinski definition) is 6. The monoisotopic (exact) mass is 409 g/mol. The summed E-state index contributed by atoms with van der Waals surface area (Å²) in [5.41, 5.74) is 4.46. The van der Waals surface area contributed by atoms with Gasteiger partial charge in [-0.3, -0.25) is 9.59 Å². The maximum absolute atomic E-state index is 12.5. The Morgan fingerprint density at radius 2 is 1.80 bits per heavy atom. The largest absolute Gasteiger partial charge is 0.457 e. The zero-order chi connectivity index (χ0) is 21.8. The van der Waals surface area contributed by atoms with Crippen LogP contribution in [0.1, 0.15) is 59.5 Å². The summed E-state index contributed by atoms with van der Waals surface area (Å²) in [6.07, 6.45) is 0.321. The summed E-state index contributed by atoms with van der Waals surface area (Å²) in [4.78, 5) is 24.5. The lowest BCUT2D eigenvalue weighted by Gasteiger charge is -2.13. The highest BCUT2D eigenvalue weighted by atomic mass is 16.5. The average molecular weight is 409 g/mol. The molecule has 0 fully saturated rings. The van der Waals surface area contributed by atoms with Crippen LogP contribution in [0.25, 0.3) is 11.5 Å². The molecule has 1 aromatic carbocycles. The molecule has 3 aromatic rings. The first-order chi connectivity index (χ1) is 14.3. The topological polar surface area (TPSA) is 87.2 Å². The molecule has 0 unspecified atom stereocenters. The van der Waals surface area contributed by atoms with Crippen molar-refractivity contribution in [2.75, 3.05) is 6.61 Å². The summed E-state index contributed by atoms with van der Waals surface area (Å²) >= 11 is 0. The Morgan fingerprint density at radius 1 is 1.10 bits per heavy atom. The predicted molar refractivity (Wildman–Crippen MR) is 112 cm³/mol. The van der Waals surface area contributed by atoms with Gasteiger partial charge in [-0.2, -0.15) is 0 Å². The number of aryl methyl sites for hydroxylation is 3. The summed E-state index contributed by atoms with van der Waals surface area (Å²) < 4.78 is 12.9. The Labute approximate surface area is 176 Å². The van der Waals surface area contributed by atoms with Gasteiger partial charge in [0.15, 0.2) is 6.61 Å². The van der Waals surface area contributed by atoms with Gasteiger partial charge >= 0.3 is 5.97 Å². The Hall–Kier alpha value is -3.22. The van der Waals surface area contributed by atoms with Crippen LogP contribution in [0.2, 0.25) is 0 Å². The molecule has 0 atom stereocenters. The van der Waals surface area contributed by atoms with Crippen LogP contribution < -0.4 is 0 Å². The highest BCUT2D eigenvalue weighted by Crippen LogP contribution is 2.21. The van der Waals surface area contributed by atoms with Crippen molar-refractivity contribution in [1.29, 1.82) is 0 Å². The molecule has 7 nitrogen and oxygen atoms in total. The molecule has 0 N–H and O–H groups in total. The SMILES string of the molecule is Cc1ccc(-c2nnc(CCC(=O)OCC(=O)c3cc(C)n(C(C)C)c3C)o2)cc1. The number of esters is 1. The van der Waals surface area contributed by atoms with Crippen LogP contribution in [0.15, 0.2) is 34.7 Å². The molecule has 0 saturated carbocycles. The van der Waals surface area contributed by atoms with Crippen LogP contribution in [0.4, 0.5) is 0 Å². The standard InChI is InChI=1S/C23H27N3O4/c1-14(2)26-16(4)12-19(17(26)5)20(27)13-29-22(28)11-10-21-24-25-23(30-21)18-8-6-15(3)7-9-18/h6-9,12,14H,10-11,13H2,1-5H3. The first-order valence-corrected chi connectivity index (χ1v) is 10.0. The zero-order valence-corrected chi connectivity index (χ0v) is 18.1. The quantitative estimate of drug-likeness (QED) is 0.405. The minimum atomic E-state index is -0.476. The van der Waals surface area contributed by atoms with E-state index in [0.29, 0.717) is 17.3 Å². The number of rotatable bonds is 8. The van der Waals surface area contributed by atoms with Crippen molar-refractivity contribution in [3.05, 3.63) is 58.7 Å². The molecule has 0 saturated heterocycles. The molecular weight excluding hydrogens is 382 g/mol. The second-order valence-corrected chi connectivity index (χ2v) is 7.70. The van der Waals surface area contributed by atoms with E-state index in [0.717, 1.165) is 22.5 Å². The van der Waals surface area contributed by atoms with Crippen molar-refractivity contribution in [1.82, 2.24) is 14.8 Å². The molecule has 7 heteroatoms. The molecule has 0 aliphatic rings. The summed E-state index contributed by atoms with van der Waals surface area (Å²) in [7, 11) is 0. The Balaban J connectivity index is 1.51. The van der Waals surface area contributed by atoms with E-state index in [9.17, 15) is 9.59 Å². The van der Waals surface area contributed by atoms with Gasteiger partial charge in [0.05, 0.1) is 6.42 Å². The molecule has 0 radical (unpaired) electrons. The summed E-state index contributed by atoms with van der Waals surface area (Å²) in [6, 6.07) is 9.84. The molecule has 0 amide bonds. The second-order valence-electron chi connectivity index (χ2n) is 7.70. The lowest BCUT2D eigenvalue weighted by atomic mass is 10.1. The number of carbonyl (C=O) groups is 2. The molecule has 0 aliphatic carbocycles. The molecule has 158 valence electrons. The van der Waals surface area contributed by atoms with E-state index in [1.54, 1.807) is 0 Å². The first kappa shape index (κ1) is 21.5. The number of ketones is 1. The van der Waals surface area contributed by atoms with Crippen molar-refractivity contribution >= 4 is 11.8 Å². The number of carbonyl (C=O) groups excluding carboxylic acids is 2. The van der Waals surface area contributed by atoms with Gasteiger partial charge in [0.2, 0.25) is 17.6 Å². The number of benzene rings is 1. The molecule has 2 aromatic heterocycles. The van der Waals surface area contributed by atoms with Crippen molar-refractivity contribution in [3.63, 3.8) is 0 Å². The number of hydrogen-bond donors (Lipinski definition) is 0. The maximum atomic E-state index is 12.5. The number of aromatic nitrogens is 3. The minimum Gasteiger partial charge on any atom is -0.457 e. The van der Waals surface area contributed by atoms with Crippen LogP contribution >= 0.6 is 0 Å². The molecular formula is C23H27N3O4. The van der Waals surface area contributed by atoms with E-state index in [1.807, 2.05) is 51.1 Å². The lowest BCUT2D eigenvalue weighted by Crippen LogP contribution is -2.15. The second kappa shape index (κ2) is 9.07. The fourth-order valence-electron chi connectivity index (χ4n) is 3.53. The fraction of sp³-hybridized carbons (Fsp3) is 0.391. The van der Waals surface area contributed by atoms with E-state index in [1.165, 1.54) is 0 Å². The van der Waals surface area contributed by atoms with E-state index in [4.69, 9.17) is 9.15 Å². The van der Waals surface area contributed by atoms with E-state index >= 15 is 0 Å². The highest BCUT2D eigenvalue weighted by Gasteiger charge is 2.19. The third-order valence-corrected chi connectivity index (χ3v) is 4.97. The number of ether oxygens (including phenoxy) is 1. The molecule has 30 heavy (non-hydrogen) atoms. The van der Waals surface area contributed by atoms with Crippen LogP contribution in [-0.4, -0.2) is 33.1 Å². The van der Waals surface area contributed by atoms with Gasteiger partial charge in [0.1, 0.15) is 0 Å². The molecule has 3 rings (SSSR count). The van der Waals surface area contributed by atoms with E-state index < -0.39 is 5.97 Å². The molecule has 0 bridgehead atoms. The van der Waals surface area contributed by atoms with Crippen molar-refractivity contribution < 1.29 is 18.7 Å². The molecule has 2 heterocycles. The van der Waals surface area contributed by atoms with Gasteiger partial charge in [-0.1, -0.05) is 17.7 Å². The van der Waals surface area contributed by atoms with Crippen molar-refractivity contribution in [2.24, 2.45) is 0 Å². The first-order valence-electron chi connectivity index (χ1n) is 10.0. The van der Waals surface area contributed by atoms with Gasteiger partial charge in [-0.05, 0) is 52.8 Å². The van der Waals surface area contributed by atoms with Crippen LogP contribution in [-0.2, 0) is 16.0 Å². The summed E-state index contributed by atoms with van der Waals surface area (Å²) in [5.74, 6) is 0.0854. The Kier molecular flexibility index (Phi) is 6.50. The zero-order valence-electron chi connectivity index (χ0n) is 18.1. The van der Waals surface area contributed by atoms with Gasteiger partial charge in [-0.25, -0.2) is 0 Å². The fourth-order valence-corrected chi connectivity index (χ4v) is 3.53. The summed E-state index contributed by atoms with van der Waals surface area (Å²) in [5, 5.41) is 7.99. The van der Waals surface area contributed by atoms with Crippen LogP contribution in [0.5, 0.6) is 0 Å². The van der Waals surface area contributed by atoms with Crippen molar-refractivity contribution in [2.45, 2.75) is 53.5 Å². The van der Waals surface area contributed by atoms with E-state index in [2.05, 4.69) is 28.6 Å². The third-order valence-electron chi connectivity index (χ3n) is 4.97. The van der Waals surface area contributed by atoms with Gasteiger partial charge in [-0.15, -0.1) is 10.2 Å². The maximum Gasteiger partial charge on any atom is 0.306 e. The molecule has 0 spiro atoms. The van der Waals surface area contributed by atoms with Gasteiger partial charge in [0, 0.05) is 35.0 Å². The van der Waals surface area contributed by atoms with E-state index in [-0.39, 0.29) is 31.3 Å². The smallest absolute Gasteiger partial charge is 0.306 e. The normalized spacial score (nSPS) is 11.1. The number of Topliss-reactive ketones (excluding diaryl/α,β-unsaturated/α-hetero) is 1. The third kappa shape index (κ3) is 4.84. The summed E-state index contributed by atoms with van der Waals surface area (Å²) in [6.45, 7) is 9.72. The average Bonchev–Trinajstić information content (AvgIpc) is 3.29. The number of nitrogens with zero attached hydrogens (tertiary/aromatic N) is 3. The van der Waals surface area contributed by atoms with Crippen molar-refractivity contribution in [3.8, 4) is 11.5 Å². The van der Waals surface area contributed by atoms with Crippen LogP contribution in [0.3, 0.4) is 0 Å². The van der Waals surface area contributed by atoms with Crippen LogP contribution in [0, 0.1) is 20.8 Å². The lowest BCUT2D eigenvalue weighted by molar-refractivity contribution is -0.142. The van der Waals surface area contributed by atoms with Gasteiger partial charge < -0.3 is 13.7 Å². The highest BCUT2D eigenvalue weighted by molar-refractivity contribution is 5.99. The molecule has 0 aliphatic heterocycles.